The van der Waals surface area contributed by atoms with Crippen molar-refractivity contribution in [3.05, 3.63) is 72.1 Å². The van der Waals surface area contributed by atoms with Crippen LogP contribution in [-0.2, 0) is 0 Å². The number of benzene rings is 3. The van der Waals surface area contributed by atoms with Gasteiger partial charge in [0.25, 0.3) is 0 Å². The minimum atomic E-state index is 0.888. The molecule has 3 aromatic heterocycles. The van der Waals surface area contributed by atoms with E-state index in [0.29, 0.717) is 0 Å². The first-order valence-electron chi connectivity index (χ1n) is 8.51. The van der Waals surface area contributed by atoms with Crippen LogP contribution >= 0.6 is 11.3 Å². The molecule has 0 aliphatic rings. The van der Waals surface area contributed by atoms with Gasteiger partial charge in [-0.1, -0.05) is 34.7 Å². The van der Waals surface area contributed by atoms with Crippen LogP contribution in [0, 0.1) is 0 Å². The fourth-order valence-corrected chi connectivity index (χ4v) is 4.36. The third kappa shape index (κ3) is 2.12. The summed E-state index contributed by atoms with van der Waals surface area (Å²) >= 11 is 1.69. The van der Waals surface area contributed by atoms with Gasteiger partial charge in [-0.25, -0.2) is 9.36 Å². The van der Waals surface area contributed by atoms with Crippen molar-refractivity contribution in [3.63, 3.8) is 0 Å². The number of rotatable bonds is 2. The second-order valence-electron chi connectivity index (χ2n) is 6.28. The molecule has 27 heavy (non-hydrogen) atoms. The molecule has 0 saturated heterocycles. The molecule has 0 aliphatic carbocycles. The quantitative estimate of drug-likeness (QED) is 0.455. The van der Waals surface area contributed by atoms with Crippen molar-refractivity contribution >= 4 is 43.5 Å². The fourth-order valence-electron chi connectivity index (χ4n) is 3.41. The van der Waals surface area contributed by atoms with Crippen LogP contribution in [0.2, 0.25) is 0 Å². The highest BCUT2D eigenvalue weighted by atomic mass is 32.1. The number of para-hydroxylation sites is 2. The van der Waals surface area contributed by atoms with Crippen LogP contribution in [0.5, 0.6) is 0 Å². The summed E-state index contributed by atoms with van der Waals surface area (Å²) in [5, 5.41) is 20.4. The highest BCUT2D eigenvalue weighted by Crippen LogP contribution is 2.32. The zero-order chi connectivity index (χ0) is 17.8. The van der Waals surface area contributed by atoms with Crippen LogP contribution in [0.1, 0.15) is 0 Å². The monoisotopic (exact) mass is 368 g/mol. The summed E-state index contributed by atoms with van der Waals surface area (Å²) in [6.07, 6.45) is 0. The van der Waals surface area contributed by atoms with Gasteiger partial charge in [0, 0.05) is 15.5 Å². The van der Waals surface area contributed by atoms with Crippen LogP contribution in [0.4, 0.5) is 0 Å². The lowest BCUT2D eigenvalue weighted by atomic mass is 10.2. The summed E-state index contributed by atoms with van der Waals surface area (Å²) in [6.45, 7) is 0. The number of hydrogen-bond acceptors (Lipinski definition) is 5. The SMILES string of the molecule is c1ccc2c(c1)nnn2-c1ccc2c(-n3nnc4ccccc43)csc2c1. The van der Waals surface area contributed by atoms with Gasteiger partial charge in [-0.15, -0.1) is 21.5 Å². The third-order valence-corrected chi connectivity index (χ3v) is 5.65. The Bertz CT molecular complexity index is 1440. The van der Waals surface area contributed by atoms with E-state index < -0.39 is 0 Å². The Hall–Kier alpha value is -3.58. The molecule has 6 aromatic rings. The van der Waals surface area contributed by atoms with Crippen molar-refractivity contribution in [2.24, 2.45) is 0 Å². The molecule has 7 heteroatoms. The number of thiophene rings is 1. The summed E-state index contributed by atoms with van der Waals surface area (Å²) in [4.78, 5) is 0. The van der Waals surface area contributed by atoms with E-state index in [4.69, 9.17) is 0 Å². The molecular weight excluding hydrogens is 356 g/mol. The van der Waals surface area contributed by atoms with Crippen molar-refractivity contribution in [1.29, 1.82) is 0 Å². The maximum absolute atomic E-state index is 4.35. The molecule has 0 radical (unpaired) electrons. The first-order valence-corrected chi connectivity index (χ1v) is 9.39. The van der Waals surface area contributed by atoms with Gasteiger partial charge in [-0.05, 0) is 42.5 Å². The van der Waals surface area contributed by atoms with Crippen LogP contribution in [-0.4, -0.2) is 30.0 Å². The van der Waals surface area contributed by atoms with Gasteiger partial charge in [0.15, 0.2) is 0 Å². The largest absolute Gasteiger partial charge is 0.213 e. The molecule has 0 amide bonds. The Morgan fingerprint density at radius 1 is 0.704 bits per heavy atom. The second-order valence-corrected chi connectivity index (χ2v) is 7.19. The molecule has 3 heterocycles. The molecular formula is C20H12N6S. The maximum atomic E-state index is 4.35. The number of fused-ring (bicyclic) bond motifs is 3. The van der Waals surface area contributed by atoms with E-state index in [1.54, 1.807) is 11.3 Å². The summed E-state index contributed by atoms with van der Waals surface area (Å²) in [7, 11) is 0. The van der Waals surface area contributed by atoms with Gasteiger partial charge < -0.3 is 0 Å². The summed E-state index contributed by atoms with van der Waals surface area (Å²) in [5.74, 6) is 0. The number of aromatic nitrogens is 6. The van der Waals surface area contributed by atoms with E-state index in [1.165, 1.54) is 4.70 Å². The minimum absolute atomic E-state index is 0.888. The molecule has 6 rings (SSSR count). The average Bonchev–Trinajstić information content (AvgIpc) is 3.43. The van der Waals surface area contributed by atoms with Crippen LogP contribution in [0.25, 0.3) is 43.5 Å². The predicted molar refractivity (Wildman–Crippen MR) is 107 cm³/mol. The van der Waals surface area contributed by atoms with Gasteiger partial charge in [-0.2, -0.15) is 0 Å². The van der Waals surface area contributed by atoms with Crippen molar-refractivity contribution in [2.45, 2.75) is 0 Å². The van der Waals surface area contributed by atoms with Crippen molar-refractivity contribution in [3.8, 4) is 11.4 Å². The average molecular weight is 368 g/mol. The Morgan fingerprint density at radius 3 is 2.15 bits per heavy atom. The van der Waals surface area contributed by atoms with Gasteiger partial charge >= 0.3 is 0 Å². The molecule has 0 aliphatic heterocycles. The lowest BCUT2D eigenvalue weighted by molar-refractivity contribution is 0.824. The Balaban J connectivity index is 1.53. The van der Waals surface area contributed by atoms with Crippen molar-refractivity contribution in [1.82, 2.24) is 30.0 Å². The fraction of sp³-hybridized carbons (Fsp3) is 0. The molecule has 0 atom stereocenters. The molecule has 128 valence electrons. The topological polar surface area (TPSA) is 61.4 Å². The molecule has 0 fully saturated rings. The summed E-state index contributed by atoms with van der Waals surface area (Å²) in [5.41, 5.74) is 5.81. The Kier molecular flexibility index (Phi) is 2.95. The van der Waals surface area contributed by atoms with E-state index >= 15 is 0 Å². The molecule has 0 saturated carbocycles. The normalized spacial score (nSPS) is 11.7. The maximum Gasteiger partial charge on any atom is 0.113 e. The number of hydrogen-bond donors (Lipinski definition) is 0. The lowest BCUT2D eigenvalue weighted by Gasteiger charge is -2.04. The highest BCUT2D eigenvalue weighted by Gasteiger charge is 2.13. The highest BCUT2D eigenvalue weighted by molar-refractivity contribution is 7.17. The standard InChI is InChI=1S/C20H12N6S/c1-3-7-17-15(5-1)21-23-25(17)13-9-10-14-19(12-27-20(14)11-13)26-18-8-4-2-6-16(18)22-24-26/h1-12H. The first kappa shape index (κ1) is 14.6. The zero-order valence-corrected chi connectivity index (χ0v) is 14.8. The first-order chi connectivity index (χ1) is 13.4. The van der Waals surface area contributed by atoms with Crippen LogP contribution in [0.3, 0.4) is 0 Å². The summed E-state index contributed by atoms with van der Waals surface area (Å²) in [6, 6.07) is 22.3. The zero-order valence-electron chi connectivity index (χ0n) is 14.0. The van der Waals surface area contributed by atoms with Crippen LogP contribution < -0.4 is 0 Å². The van der Waals surface area contributed by atoms with Gasteiger partial charge in [0.05, 0.1) is 22.4 Å². The Labute approximate surface area is 157 Å². The van der Waals surface area contributed by atoms with Gasteiger partial charge in [0.2, 0.25) is 0 Å². The molecule has 6 nitrogen and oxygen atoms in total. The van der Waals surface area contributed by atoms with Crippen LogP contribution in [0.15, 0.2) is 72.1 Å². The van der Waals surface area contributed by atoms with Gasteiger partial charge in [0.1, 0.15) is 11.0 Å². The van der Waals surface area contributed by atoms with Gasteiger partial charge in [-0.3, -0.25) is 0 Å². The van der Waals surface area contributed by atoms with Crippen molar-refractivity contribution < 1.29 is 0 Å². The third-order valence-electron chi connectivity index (χ3n) is 4.72. The van der Waals surface area contributed by atoms with E-state index in [9.17, 15) is 0 Å². The van der Waals surface area contributed by atoms with E-state index in [1.807, 2.05) is 57.9 Å². The van der Waals surface area contributed by atoms with Crippen molar-refractivity contribution in [2.75, 3.05) is 0 Å². The molecule has 3 aromatic carbocycles. The minimum Gasteiger partial charge on any atom is -0.213 e. The van der Waals surface area contributed by atoms with E-state index in [-0.39, 0.29) is 0 Å². The molecule has 0 spiro atoms. The van der Waals surface area contributed by atoms with E-state index in [0.717, 1.165) is 38.8 Å². The summed E-state index contributed by atoms with van der Waals surface area (Å²) < 4.78 is 4.94. The Morgan fingerprint density at radius 2 is 1.37 bits per heavy atom. The molecule has 0 unspecified atom stereocenters. The number of nitrogens with zero attached hydrogens (tertiary/aromatic N) is 6. The molecule has 0 bridgehead atoms. The predicted octanol–water partition coefficient (Wildman–Crippen LogP) is 4.37. The molecule has 0 N–H and O–H groups in total. The second kappa shape index (κ2) is 5.46. The smallest absolute Gasteiger partial charge is 0.113 e. The van der Waals surface area contributed by atoms with E-state index in [2.05, 4.69) is 44.2 Å². The lowest BCUT2D eigenvalue weighted by Crippen LogP contribution is -1.97.